The van der Waals surface area contributed by atoms with Crippen LogP contribution in [0.25, 0.3) is 16.6 Å². The zero-order valence-corrected chi connectivity index (χ0v) is 20.0. The summed E-state index contributed by atoms with van der Waals surface area (Å²) in [4.78, 5) is 24.5. The van der Waals surface area contributed by atoms with Gasteiger partial charge in [-0.05, 0) is 44.7 Å². The first-order valence-electron chi connectivity index (χ1n) is 12.2. The molecule has 10 heteroatoms. The number of hydrogen-bond acceptors (Lipinski definition) is 7. The molecule has 0 spiro atoms. The lowest BCUT2D eigenvalue weighted by molar-refractivity contribution is 0.102. The number of rotatable bonds is 6. The van der Waals surface area contributed by atoms with Crippen LogP contribution in [0, 0.1) is 6.92 Å². The van der Waals surface area contributed by atoms with E-state index < -0.39 is 0 Å². The number of anilines is 2. The van der Waals surface area contributed by atoms with Crippen LogP contribution < -0.4 is 15.5 Å². The van der Waals surface area contributed by atoms with E-state index in [4.69, 9.17) is 0 Å². The van der Waals surface area contributed by atoms with Crippen molar-refractivity contribution in [2.45, 2.75) is 51.3 Å². The van der Waals surface area contributed by atoms with Gasteiger partial charge in [-0.15, -0.1) is 0 Å². The van der Waals surface area contributed by atoms with Gasteiger partial charge in [0.2, 0.25) is 0 Å². The van der Waals surface area contributed by atoms with Gasteiger partial charge in [-0.1, -0.05) is 0 Å². The molecule has 35 heavy (non-hydrogen) atoms. The number of carbonyl (C=O) groups excluding carboxylic acids is 1. The summed E-state index contributed by atoms with van der Waals surface area (Å²) in [5.74, 6) is 0.0579. The number of hydrogen-bond donors (Lipinski definition) is 3. The summed E-state index contributed by atoms with van der Waals surface area (Å²) in [5, 5.41) is 22.0. The fourth-order valence-corrected chi connectivity index (χ4v) is 5.07. The molecule has 2 fully saturated rings. The van der Waals surface area contributed by atoms with Gasteiger partial charge in [0, 0.05) is 55.7 Å². The van der Waals surface area contributed by atoms with Crippen LogP contribution in [0.1, 0.15) is 47.4 Å². The molecule has 1 aliphatic carbocycles. The Kier molecular flexibility index (Phi) is 5.42. The van der Waals surface area contributed by atoms with Gasteiger partial charge in [0.05, 0.1) is 24.1 Å². The Hall–Kier alpha value is -3.50. The maximum absolute atomic E-state index is 13.3. The molecule has 0 atom stereocenters. The van der Waals surface area contributed by atoms with E-state index in [-0.39, 0.29) is 12.5 Å². The Morgan fingerprint density at radius 3 is 2.60 bits per heavy atom. The number of nitrogens with zero attached hydrogens (tertiary/aromatic N) is 6. The molecule has 0 radical (unpaired) electrons. The summed E-state index contributed by atoms with van der Waals surface area (Å²) >= 11 is 0. The van der Waals surface area contributed by atoms with E-state index in [2.05, 4.69) is 30.6 Å². The maximum atomic E-state index is 13.3. The highest BCUT2D eigenvalue weighted by atomic mass is 16.3. The first-order chi connectivity index (χ1) is 17.0. The molecule has 6 rings (SSSR count). The molecular formula is C25H30N8O2. The Labute approximate surface area is 203 Å². The highest BCUT2D eigenvalue weighted by Crippen LogP contribution is 2.32. The summed E-state index contributed by atoms with van der Waals surface area (Å²) in [6.45, 7) is 3.57. The number of piperidine rings is 1. The van der Waals surface area contributed by atoms with E-state index in [9.17, 15) is 9.90 Å². The molecule has 1 saturated carbocycles. The van der Waals surface area contributed by atoms with E-state index in [1.807, 2.05) is 38.5 Å². The molecule has 182 valence electrons. The van der Waals surface area contributed by atoms with Crippen molar-refractivity contribution in [2.24, 2.45) is 7.05 Å². The molecule has 0 unspecified atom stereocenters. The number of aliphatic hydroxyl groups excluding tert-OH is 1. The minimum Gasteiger partial charge on any atom is -0.390 e. The van der Waals surface area contributed by atoms with Crippen LogP contribution in [-0.4, -0.2) is 60.3 Å². The van der Waals surface area contributed by atoms with Crippen molar-refractivity contribution in [2.75, 3.05) is 23.3 Å². The van der Waals surface area contributed by atoms with Crippen molar-refractivity contribution >= 4 is 34.0 Å². The Morgan fingerprint density at radius 1 is 1.09 bits per heavy atom. The number of aliphatic hydroxyl groups is 1. The maximum Gasteiger partial charge on any atom is 0.259 e. The standard InChI is InChI=1S/C25H30N8O2/c1-15-11-33-13-22(28-20(14-34)24(33)26-15)29-25(35)18-5-6-21(19-12-31(2)30-23(18)19)32-9-7-17(8-10-32)27-16-3-4-16/h5-6,11-13,16-17,27,34H,3-4,7-10,14H2,1-2H3,(H,29,35). The average molecular weight is 475 g/mol. The van der Waals surface area contributed by atoms with Crippen LogP contribution in [0.2, 0.25) is 0 Å². The second-order valence-corrected chi connectivity index (χ2v) is 9.70. The molecule has 1 aliphatic heterocycles. The fraction of sp³-hybridized carbons (Fsp3) is 0.440. The first kappa shape index (κ1) is 22.0. The van der Waals surface area contributed by atoms with Crippen LogP contribution in [-0.2, 0) is 13.7 Å². The van der Waals surface area contributed by atoms with Gasteiger partial charge in [0.1, 0.15) is 17.0 Å². The highest BCUT2D eigenvalue weighted by Gasteiger charge is 2.28. The molecule has 1 amide bonds. The lowest BCUT2D eigenvalue weighted by atomic mass is 10.0. The summed E-state index contributed by atoms with van der Waals surface area (Å²) < 4.78 is 3.53. The fourth-order valence-electron chi connectivity index (χ4n) is 5.07. The average Bonchev–Trinajstić information content (AvgIpc) is 3.44. The third kappa shape index (κ3) is 4.23. The van der Waals surface area contributed by atoms with Crippen molar-refractivity contribution in [3.05, 3.63) is 47.7 Å². The van der Waals surface area contributed by atoms with Gasteiger partial charge in [-0.25, -0.2) is 9.97 Å². The third-order valence-corrected chi connectivity index (χ3v) is 6.92. The van der Waals surface area contributed by atoms with E-state index >= 15 is 0 Å². The number of aryl methyl sites for hydroxylation is 2. The quantitative estimate of drug-likeness (QED) is 0.393. The highest BCUT2D eigenvalue weighted by molar-refractivity contribution is 6.13. The zero-order valence-electron chi connectivity index (χ0n) is 20.0. The smallest absolute Gasteiger partial charge is 0.259 e. The molecule has 1 aromatic carbocycles. The lowest BCUT2D eigenvalue weighted by Gasteiger charge is -2.34. The number of fused-ring (bicyclic) bond motifs is 2. The molecule has 2 aliphatic rings. The Balaban J connectivity index is 1.26. The second kappa shape index (κ2) is 8.62. The Morgan fingerprint density at radius 2 is 1.86 bits per heavy atom. The lowest BCUT2D eigenvalue weighted by Crippen LogP contribution is -2.43. The predicted molar refractivity (Wildman–Crippen MR) is 134 cm³/mol. The first-order valence-corrected chi connectivity index (χ1v) is 12.2. The van der Waals surface area contributed by atoms with E-state index in [1.165, 1.54) is 12.8 Å². The van der Waals surface area contributed by atoms with Crippen molar-refractivity contribution in [1.29, 1.82) is 0 Å². The normalized spacial score (nSPS) is 16.9. The van der Waals surface area contributed by atoms with Crippen LogP contribution in [0.5, 0.6) is 0 Å². The number of aromatic nitrogens is 5. The number of benzene rings is 1. The molecule has 4 heterocycles. The molecular weight excluding hydrogens is 444 g/mol. The monoisotopic (exact) mass is 474 g/mol. The topological polar surface area (TPSA) is 113 Å². The van der Waals surface area contributed by atoms with Crippen molar-refractivity contribution < 1.29 is 9.90 Å². The number of nitrogens with one attached hydrogen (secondary N) is 2. The van der Waals surface area contributed by atoms with E-state index in [0.717, 1.165) is 48.7 Å². The molecule has 0 bridgehead atoms. The third-order valence-electron chi connectivity index (χ3n) is 6.92. The molecule has 4 aromatic rings. The van der Waals surface area contributed by atoms with E-state index in [0.29, 0.717) is 34.3 Å². The number of imidazole rings is 1. The largest absolute Gasteiger partial charge is 0.390 e. The molecule has 1 saturated heterocycles. The van der Waals surface area contributed by atoms with Crippen molar-refractivity contribution in [3.8, 4) is 0 Å². The number of carbonyl (C=O) groups is 1. The van der Waals surface area contributed by atoms with Crippen molar-refractivity contribution in [1.82, 2.24) is 29.5 Å². The van der Waals surface area contributed by atoms with Gasteiger partial charge in [0.25, 0.3) is 5.91 Å². The van der Waals surface area contributed by atoms with Crippen molar-refractivity contribution in [3.63, 3.8) is 0 Å². The second-order valence-electron chi connectivity index (χ2n) is 9.70. The van der Waals surface area contributed by atoms with Crippen LogP contribution in [0.3, 0.4) is 0 Å². The van der Waals surface area contributed by atoms with Gasteiger partial charge >= 0.3 is 0 Å². The molecule has 3 aromatic heterocycles. The van der Waals surface area contributed by atoms with Crippen LogP contribution >= 0.6 is 0 Å². The Bertz CT molecular complexity index is 1410. The van der Waals surface area contributed by atoms with Crippen LogP contribution in [0.4, 0.5) is 11.5 Å². The zero-order chi connectivity index (χ0) is 24.1. The molecule has 3 N–H and O–H groups in total. The SMILES string of the molecule is Cc1cn2cc(NC(=O)c3ccc(N4CCC(NC5CC5)CC4)c4cn(C)nc34)nc(CO)c2n1. The molecule has 10 nitrogen and oxygen atoms in total. The summed E-state index contributed by atoms with van der Waals surface area (Å²) in [5.41, 5.74) is 4.07. The van der Waals surface area contributed by atoms with Gasteiger partial charge in [-0.2, -0.15) is 5.10 Å². The van der Waals surface area contributed by atoms with E-state index in [1.54, 1.807) is 15.3 Å². The van der Waals surface area contributed by atoms with Gasteiger partial charge < -0.3 is 25.0 Å². The van der Waals surface area contributed by atoms with Gasteiger partial charge in [0.15, 0.2) is 5.65 Å². The predicted octanol–water partition coefficient (Wildman–Crippen LogP) is 2.39. The summed E-state index contributed by atoms with van der Waals surface area (Å²) in [7, 11) is 1.88. The minimum atomic E-state index is -0.292. The number of amides is 1. The van der Waals surface area contributed by atoms with Crippen LogP contribution in [0.15, 0.2) is 30.7 Å². The summed E-state index contributed by atoms with van der Waals surface area (Å²) in [6, 6.07) is 5.21. The summed E-state index contributed by atoms with van der Waals surface area (Å²) in [6.07, 6.45) is 10.4. The minimum absolute atomic E-state index is 0.268. The van der Waals surface area contributed by atoms with Gasteiger partial charge in [-0.3, -0.25) is 9.48 Å².